The summed E-state index contributed by atoms with van der Waals surface area (Å²) < 4.78 is 19.9. The molecule has 3 N–H and O–H groups in total. The first-order chi connectivity index (χ1) is 17.3. The molecule has 6 nitrogen and oxygen atoms in total. The van der Waals surface area contributed by atoms with Gasteiger partial charge in [0.15, 0.2) is 11.6 Å². The topological polar surface area (TPSA) is 90.1 Å². The standard InChI is InChI=1S/C27H23Cl2FN4O2/c1-16(24-21(28)9-10-22(30)25(24)29)36-23-14-19(15-34-26(23)31)17-5-7-18(8-6-17)27(35)33-13-11-20-4-2-3-12-32-20/h2-10,12,14-16H,11,13H2,1H3,(H2,31,34)(H,33,35). The first kappa shape index (κ1) is 25.4. The molecule has 9 heteroatoms. The van der Waals surface area contributed by atoms with E-state index in [0.29, 0.717) is 29.8 Å². The number of aromatic nitrogens is 2. The van der Waals surface area contributed by atoms with Crippen molar-refractivity contribution in [1.82, 2.24) is 15.3 Å². The van der Waals surface area contributed by atoms with Gasteiger partial charge in [0, 0.05) is 52.8 Å². The fourth-order valence-electron chi connectivity index (χ4n) is 3.64. The van der Waals surface area contributed by atoms with Crippen LogP contribution in [0, 0.1) is 5.82 Å². The Morgan fingerprint density at radius 3 is 2.58 bits per heavy atom. The molecule has 1 atom stereocenters. The Balaban J connectivity index is 1.45. The van der Waals surface area contributed by atoms with Crippen molar-refractivity contribution in [3.63, 3.8) is 0 Å². The number of ether oxygens (including phenoxy) is 1. The maximum Gasteiger partial charge on any atom is 0.251 e. The number of nitrogen functional groups attached to an aromatic ring is 1. The quantitative estimate of drug-likeness (QED) is 0.264. The highest BCUT2D eigenvalue weighted by atomic mass is 35.5. The lowest BCUT2D eigenvalue weighted by atomic mass is 10.0. The van der Waals surface area contributed by atoms with E-state index >= 15 is 0 Å². The highest BCUT2D eigenvalue weighted by molar-refractivity contribution is 6.36. The van der Waals surface area contributed by atoms with Crippen LogP contribution in [0.1, 0.15) is 34.6 Å². The van der Waals surface area contributed by atoms with Crippen LogP contribution in [0.4, 0.5) is 10.2 Å². The second kappa shape index (κ2) is 11.4. The number of pyridine rings is 2. The number of hydrogen-bond acceptors (Lipinski definition) is 5. The molecule has 0 bridgehead atoms. The molecule has 2 aromatic carbocycles. The SMILES string of the molecule is CC(Oc1cc(-c2ccc(C(=O)NCCc3ccccn3)cc2)cnc1N)c1c(Cl)ccc(F)c1Cl. The largest absolute Gasteiger partial charge is 0.482 e. The Hall–Kier alpha value is -3.68. The smallest absolute Gasteiger partial charge is 0.251 e. The zero-order valence-corrected chi connectivity index (χ0v) is 20.9. The molecule has 0 fully saturated rings. The number of nitrogens with two attached hydrogens (primary N) is 1. The second-order valence-corrected chi connectivity index (χ2v) is 8.81. The Morgan fingerprint density at radius 2 is 1.86 bits per heavy atom. The van der Waals surface area contributed by atoms with E-state index < -0.39 is 11.9 Å². The lowest BCUT2D eigenvalue weighted by Crippen LogP contribution is -2.25. The van der Waals surface area contributed by atoms with Crippen LogP contribution in [0.15, 0.2) is 73.1 Å². The molecule has 2 aromatic heterocycles. The monoisotopic (exact) mass is 524 g/mol. The van der Waals surface area contributed by atoms with Crippen LogP contribution >= 0.6 is 23.2 Å². The summed E-state index contributed by atoms with van der Waals surface area (Å²) in [6, 6.07) is 17.1. The zero-order valence-electron chi connectivity index (χ0n) is 19.3. The average Bonchev–Trinajstić information content (AvgIpc) is 2.88. The van der Waals surface area contributed by atoms with Crippen molar-refractivity contribution >= 4 is 34.9 Å². The molecule has 0 saturated carbocycles. The summed E-state index contributed by atoms with van der Waals surface area (Å²) in [6.07, 6.45) is 3.30. The fourth-order valence-corrected chi connectivity index (χ4v) is 4.32. The van der Waals surface area contributed by atoms with E-state index in [1.54, 1.807) is 37.5 Å². The molecular formula is C27H23Cl2FN4O2. The average molecular weight is 525 g/mol. The number of rotatable bonds is 8. The van der Waals surface area contributed by atoms with Crippen LogP contribution in [-0.2, 0) is 6.42 Å². The summed E-state index contributed by atoms with van der Waals surface area (Å²) in [5, 5.41) is 3.08. The Morgan fingerprint density at radius 1 is 1.08 bits per heavy atom. The maximum atomic E-state index is 13.9. The molecule has 36 heavy (non-hydrogen) atoms. The van der Waals surface area contributed by atoms with Gasteiger partial charge in [-0.15, -0.1) is 0 Å². The highest BCUT2D eigenvalue weighted by Gasteiger charge is 2.20. The molecule has 1 amide bonds. The third kappa shape index (κ3) is 5.93. The number of halogens is 3. The summed E-state index contributed by atoms with van der Waals surface area (Å²) in [7, 11) is 0. The molecule has 0 aliphatic heterocycles. The van der Waals surface area contributed by atoms with Gasteiger partial charge in [-0.2, -0.15) is 0 Å². The number of nitrogens with zero attached hydrogens (tertiary/aromatic N) is 2. The van der Waals surface area contributed by atoms with Gasteiger partial charge in [0.2, 0.25) is 0 Å². The van der Waals surface area contributed by atoms with Crippen LogP contribution < -0.4 is 15.8 Å². The molecule has 0 spiro atoms. The molecule has 0 saturated heterocycles. The van der Waals surface area contributed by atoms with Gasteiger partial charge >= 0.3 is 0 Å². The maximum absolute atomic E-state index is 13.9. The lowest BCUT2D eigenvalue weighted by Gasteiger charge is -2.19. The van der Waals surface area contributed by atoms with Crippen molar-refractivity contribution in [3.05, 3.63) is 106 Å². The van der Waals surface area contributed by atoms with E-state index in [9.17, 15) is 9.18 Å². The van der Waals surface area contributed by atoms with Gasteiger partial charge in [-0.05, 0) is 55.0 Å². The van der Waals surface area contributed by atoms with Crippen molar-refractivity contribution in [2.75, 3.05) is 12.3 Å². The summed E-state index contributed by atoms with van der Waals surface area (Å²) in [6.45, 7) is 2.18. The van der Waals surface area contributed by atoms with E-state index in [4.69, 9.17) is 33.7 Å². The summed E-state index contributed by atoms with van der Waals surface area (Å²) in [5.74, 6) is -0.298. The number of benzene rings is 2. The first-order valence-electron chi connectivity index (χ1n) is 11.2. The van der Waals surface area contributed by atoms with Crippen molar-refractivity contribution in [3.8, 4) is 16.9 Å². The number of nitrogens with one attached hydrogen (secondary N) is 1. The van der Waals surface area contributed by atoms with Crippen molar-refractivity contribution in [2.24, 2.45) is 0 Å². The van der Waals surface area contributed by atoms with E-state index in [0.717, 1.165) is 16.8 Å². The van der Waals surface area contributed by atoms with Crippen molar-refractivity contribution < 1.29 is 13.9 Å². The fraction of sp³-hybridized carbons (Fsp3) is 0.148. The number of anilines is 1. The lowest BCUT2D eigenvalue weighted by molar-refractivity contribution is 0.0954. The second-order valence-electron chi connectivity index (χ2n) is 8.03. The van der Waals surface area contributed by atoms with E-state index in [1.165, 1.54) is 12.1 Å². The molecular weight excluding hydrogens is 502 g/mol. The van der Waals surface area contributed by atoms with Gasteiger partial charge in [-0.25, -0.2) is 9.37 Å². The Kier molecular flexibility index (Phi) is 8.03. The number of carbonyl (C=O) groups is 1. The van der Waals surface area contributed by atoms with Crippen LogP contribution in [0.5, 0.6) is 5.75 Å². The summed E-state index contributed by atoms with van der Waals surface area (Å²) in [5.41, 5.74) is 9.32. The summed E-state index contributed by atoms with van der Waals surface area (Å²) in [4.78, 5) is 21.0. The zero-order chi connectivity index (χ0) is 25.7. The van der Waals surface area contributed by atoms with E-state index in [2.05, 4.69) is 15.3 Å². The molecule has 0 aliphatic rings. The molecule has 2 heterocycles. The van der Waals surface area contributed by atoms with Crippen LogP contribution in [0.25, 0.3) is 11.1 Å². The van der Waals surface area contributed by atoms with Crippen LogP contribution in [0.3, 0.4) is 0 Å². The van der Waals surface area contributed by atoms with Gasteiger partial charge in [-0.1, -0.05) is 41.4 Å². The Labute approximate surface area is 218 Å². The minimum atomic E-state index is -0.683. The predicted molar refractivity (Wildman–Crippen MR) is 140 cm³/mol. The minimum absolute atomic E-state index is 0.105. The molecule has 184 valence electrons. The Bertz CT molecular complexity index is 1370. The van der Waals surface area contributed by atoms with Crippen molar-refractivity contribution in [2.45, 2.75) is 19.4 Å². The summed E-state index contributed by atoms with van der Waals surface area (Å²) >= 11 is 12.3. The number of hydrogen-bond donors (Lipinski definition) is 2. The molecule has 0 radical (unpaired) electrons. The van der Waals surface area contributed by atoms with Gasteiger partial charge in [-0.3, -0.25) is 9.78 Å². The van der Waals surface area contributed by atoms with Gasteiger partial charge in [0.1, 0.15) is 11.9 Å². The minimum Gasteiger partial charge on any atom is -0.482 e. The third-order valence-electron chi connectivity index (χ3n) is 5.54. The van der Waals surface area contributed by atoms with E-state index in [1.807, 2.05) is 30.3 Å². The normalized spacial score (nSPS) is 11.7. The third-order valence-corrected chi connectivity index (χ3v) is 6.26. The molecule has 1 unspecified atom stereocenters. The van der Waals surface area contributed by atoms with Gasteiger partial charge in [0.25, 0.3) is 5.91 Å². The molecule has 0 aliphatic carbocycles. The highest BCUT2D eigenvalue weighted by Crippen LogP contribution is 2.37. The van der Waals surface area contributed by atoms with Gasteiger partial charge < -0.3 is 15.8 Å². The number of amides is 1. The van der Waals surface area contributed by atoms with Crippen LogP contribution in [0.2, 0.25) is 10.0 Å². The first-order valence-corrected chi connectivity index (χ1v) is 11.9. The van der Waals surface area contributed by atoms with Crippen LogP contribution in [-0.4, -0.2) is 22.4 Å². The van der Waals surface area contributed by atoms with Gasteiger partial charge in [0.05, 0.1) is 5.02 Å². The predicted octanol–water partition coefficient (Wildman–Crippen LogP) is 6.28. The number of carbonyl (C=O) groups excluding carboxylic acids is 1. The molecule has 4 rings (SSSR count). The van der Waals surface area contributed by atoms with E-state index in [-0.39, 0.29) is 21.8 Å². The molecule has 4 aromatic rings. The van der Waals surface area contributed by atoms with Crippen molar-refractivity contribution in [1.29, 1.82) is 0 Å².